The van der Waals surface area contributed by atoms with Crippen LogP contribution in [0.2, 0.25) is 0 Å². The summed E-state index contributed by atoms with van der Waals surface area (Å²) in [5.41, 5.74) is 1.45. The second-order valence-electron chi connectivity index (χ2n) is 6.97. The Balaban J connectivity index is 1.87. The first-order valence-electron chi connectivity index (χ1n) is 9.21. The van der Waals surface area contributed by atoms with Crippen LogP contribution in [0.15, 0.2) is 48.5 Å². The Kier molecular flexibility index (Phi) is 7.99. The van der Waals surface area contributed by atoms with E-state index in [9.17, 15) is 14.0 Å². The third-order valence-corrected chi connectivity index (χ3v) is 4.17. The molecule has 5 nitrogen and oxygen atoms in total. The van der Waals surface area contributed by atoms with Crippen LogP contribution in [-0.4, -0.2) is 25.6 Å². The van der Waals surface area contributed by atoms with Gasteiger partial charge < -0.3 is 14.8 Å². The van der Waals surface area contributed by atoms with E-state index in [1.165, 1.54) is 19.2 Å². The molecule has 0 saturated heterocycles. The van der Waals surface area contributed by atoms with Crippen molar-refractivity contribution < 1.29 is 23.5 Å². The summed E-state index contributed by atoms with van der Waals surface area (Å²) in [5.74, 6) is -1.03. The van der Waals surface area contributed by atoms with Gasteiger partial charge in [0, 0.05) is 0 Å². The van der Waals surface area contributed by atoms with Crippen LogP contribution in [0, 0.1) is 11.7 Å². The highest BCUT2D eigenvalue weighted by atomic mass is 19.1. The first-order valence-corrected chi connectivity index (χ1v) is 9.21. The number of nitrogens with one attached hydrogen (secondary N) is 1. The van der Waals surface area contributed by atoms with Crippen molar-refractivity contribution in [2.45, 2.75) is 32.7 Å². The fourth-order valence-corrected chi connectivity index (χ4v) is 2.85. The molecule has 0 bridgehead atoms. The maximum atomic E-state index is 13.7. The topological polar surface area (TPSA) is 64.6 Å². The lowest BCUT2D eigenvalue weighted by atomic mass is 9.97. The molecule has 0 aliphatic carbocycles. The number of benzene rings is 2. The number of halogens is 1. The van der Waals surface area contributed by atoms with E-state index in [-0.39, 0.29) is 30.7 Å². The number of amides is 1. The second kappa shape index (κ2) is 10.4. The standard InChI is InChI=1S/C22H26FNO4/c1-15(2)11-19(17-7-5-4-6-8-17)24-21(25)14-28-22(26)13-16-9-10-20(27-3)18(23)12-16/h4-10,12,15,19H,11,13-14H2,1-3H3,(H,24,25)/t19-/m0/s1. The van der Waals surface area contributed by atoms with Crippen molar-refractivity contribution in [3.63, 3.8) is 0 Å². The molecular formula is C22H26FNO4. The average Bonchev–Trinajstić information content (AvgIpc) is 2.66. The van der Waals surface area contributed by atoms with Crippen molar-refractivity contribution in [1.82, 2.24) is 5.32 Å². The zero-order valence-corrected chi connectivity index (χ0v) is 16.4. The summed E-state index contributed by atoms with van der Waals surface area (Å²) in [5, 5.41) is 2.92. The van der Waals surface area contributed by atoms with Gasteiger partial charge in [-0.1, -0.05) is 50.2 Å². The van der Waals surface area contributed by atoms with Crippen LogP contribution in [-0.2, 0) is 20.7 Å². The van der Waals surface area contributed by atoms with Crippen LogP contribution in [0.3, 0.4) is 0 Å². The predicted molar refractivity (Wildman–Crippen MR) is 104 cm³/mol. The molecular weight excluding hydrogens is 361 g/mol. The first-order chi connectivity index (χ1) is 13.4. The van der Waals surface area contributed by atoms with Crippen LogP contribution >= 0.6 is 0 Å². The maximum absolute atomic E-state index is 13.7. The minimum absolute atomic E-state index is 0.105. The molecule has 28 heavy (non-hydrogen) atoms. The number of hydrogen-bond acceptors (Lipinski definition) is 4. The number of carbonyl (C=O) groups excluding carboxylic acids is 2. The third-order valence-electron chi connectivity index (χ3n) is 4.17. The van der Waals surface area contributed by atoms with Gasteiger partial charge >= 0.3 is 5.97 Å². The van der Waals surface area contributed by atoms with Gasteiger partial charge in [-0.2, -0.15) is 0 Å². The van der Waals surface area contributed by atoms with E-state index in [1.807, 2.05) is 30.3 Å². The molecule has 2 rings (SSSR count). The van der Waals surface area contributed by atoms with Crippen LogP contribution in [0.4, 0.5) is 4.39 Å². The molecule has 150 valence electrons. The molecule has 2 aromatic rings. The average molecular weight is 387 g/mol. The Morgan fingerprint density at radius 2 is 1.82 bits per heavy atom. The lowest BCUT2D eigenvalue weighted by Crippen LogP contribution is -2.33. The quantitative estimate of drug-likeness (QED) is 0.665. The summed E-state index contributed by atoms with van der Waals surface area (Å²) < 4.78 is 23.6. The second-order valence-corrected chi connectivity index (χ2v) is 6.97. The summed E-state index contributed by atoms with van der Waals surface area (Å²) in [6, 6.07) is 13.8. The van der Waals surface area contributed by atoms with Crippen molar-refractivity contribution >= 4 is 11.9 Å². The molecule has 1 atom stereocenters. The SMILES string of the molecule is COc1ccc(CC(=O)OCC(=O)N[C@@H](CC(C)C)c2ccccc2)cc1F. The smallest absolute Gasteiger partial charge is 0.310 e. The molecule has 0 fully saturated rings. The number of methoxy groups -OCH3 is 1. The number of esters is 1. The van der Waals surface area contributed by atoms with Gasteiger partial charge in [-0.3, -0.25) is 9.59 Å². The van der Waals surface area contributed by atoms with Gasteiger partial charge in [0.15, 0.2) is 18.2 Å². The molecule has 1 N–H and O–H groups in total. The van der Waals surface area contributed by atoms with Gasteiger partial charge in [-0.05, 0) is 35.6 Å². The summed E-state index contributed by atoms with van der Waals surface area (Å²) >= 11 is 0. The Morgan fingerprint density at radius 3 is 2.43 bits per heavy atom. The largest absolute Gasteiger partial charge is 0.494 e. The Labute approximate surface area is 164 Å². The van der Waals surface area contributed by atoms with Crippen molar-refractivity contribution in [2.24, 2.45) is 5.92 Å². The molecule has 1 amide bonds. The van der Waals surface area contributed by atoms with Gasteiger partial charge in [0.05, 0.1) is 19.6 Å². The normalized spacial score (nSPS) is 11.8. The molecule has 6 heteroatoms. The highest BCUT2D eigenvalue weighted by molar-refractivity contribution is 5.81. The van der Waals surface area contributed by atoms with Gasteiger partial charge in [0.25, 0.3) is 5.91 Å². The molecule has 0 spiro atoms. The lowest BCUT2D eigenvalue weighted by molar-refractivity contribution is -0.148. The first kappa shape index (κ1) is 21.4. The molecule has 0 heterocycles. The lowest BCUT2D eigenvalue weighted by Gasteiger charge is -2.21. The highest BCUT2D eigenvalue weighted by Crippen LogP contribution is 2.21. The van der Waals surface area contributed by atoms with Crippen molar-refractivity contribution in [2.75, 3.05) is 13.7 Å². The van der Waals surface area contributed by atoms with E-state index < -0.39 is 11.8 Å². The Morgan fingerprint density at radius 1 is 1.11 bits per heavy atom. The minimum Gasteiger partial charge on any atom is -0.494 e. The summed E-state index contributed by atoms with van der Waals surface area (Å²) in [6.45, 7) is 3.78. The summed E-state index contributed by atoms with van der Waals surface area (Å²) in [6.07, 6.45) is 0.650. The van der Waals surface area contributed by atoms with Gasteiger partial charge in [-0.15, -0.1) is 0 Å². The van der Waals surface area contributed by atoms with Crippen LogP contribution in [0.25, 0.3) is 0 Å². The van der Waals surface area contributed by atoms with E-state index in [0.717, 1.165) is 12.0 Å². The number of ether oxygens (including phenoxy) is 2. The van der Waals surface area contributed by atoms with Crippen LogP contribution in [0.1, 0.15) is 37.4 Å². The molecule has 0 aliphatic heterocycles. The maximum Gasteiger partial charge on any atom is 0.310 e. The van der Waals surface area contributed by atoms with E-state index in [0.29, 0.717) is 11.5 Å². The molecule has 0 unspecified atom stereocenters. The zero-order valence-electron chi connectivity index (χ0n) is 16.4. The highest BCUT2D eigenvalue weighted by Gasteiger charge is 2.17. The summed E-state index contributed by atoms with van der Waals surface area (Å²) in [4.78, 5) is 24.2. The molecule has 0 aliphatic rings. The zero-order chi connectivity index (χ0) is 20.5. The van der Waals surface area contributed by atoms with Gasteiger partial charge in [-0.25, -0.2) is 4.39 Å². The fraction of sp³-hybridized carbons (Fsp3) is 0.364. The third kappa shape index (κ3) is 6.68. The Hall–Kier alpha value is -2.89. The Bertz CT molecular complexity index is 792. The van der Waals surface area contributed by atoms with Crippen molar-refractivity contribution in [1.29, 1.82) is 0 Å². The number of rotatable bonds is 9. The number of carbonyl (C=O) groups is 2. The van der Waals surface area contributed by atoms with Crippen molar-refractivity contribution in [3.05, 3.63) is 65.5 Å². The van der Waals surface area contributed by atoms with E-state index in [4.69, 9.17) is 9.47 Å². The fourth-order valence-electron chi connectivity index (χ4n) is 2.85. The van der Waals surface area contributed by atoms with Crippen LogP contribution in [0.5, 0.6) is 5.75 Å². The minimum atomic E-state index is -0.597. The van der Waals surface area contributed by atoms with Crippen LogP contribution < -0.4 is 10.1 Å². The monoisotopic (exact) mass is 387 g/mol. The van der Waals surface area contributed by atoms with Gasteiger partial charge in [0.2, 0.25) is 0 Å². The predicted octanol–water partition coefficient (Wildman–Crippen LogP) is 3.82. The van der Waals surface area contributed by atoms with Gasteiger partial charge in [0.1, 0.15) is 0 Å². The van der Waals surface area contributed by atoms with E-state index >= 15 is 0 Å². The molecule has 0 saturated carbocycles. The molecule has 0 aromatic heterocycles. The van der Waals surface area contributed by atoms with E-state index in [2.05, 4.69) is 19.2 Å². The molecule has 2 aromatic carbocycles. The van der Waals surface area contributed by atoms with E-state index in [1.54, 1.807) is 6.07 Å². The number of hydrogen-bond donors (Lipinski definition) is 1. The van der Waals surface area contributed by atoms with Crippen molar-refractivity contribution in [3.8, 4) is 5.75 Å². The molecule has 0 radical (unpaired) electrons. The summed E-state index contributed by atoms with van der Waals surface area (Å²) in [7, 11) is 1.37.